The summed E-state index contributed by atoms with van der Waals surface area (Å²) >= 11 is 0. The van der Waals surface area contributed by atoms with Crippen LogP contribution in [0.3, 0.4) is 0 Å². The maximum absolute atomic E-state index is 12.0. The third kappa shape index (κ3) is 5.43. The number of anilines is 1. The van der Waals surface area contributed by atoms with E-state index >= 15 is 0 Å². The second-order valence-electron chi connectivity index (χ2n) is 5.51. The second kappa shape index (κ2) is 7.95. The molecule has 0 aliphatic heterocycles. The molecule has 3 heteroatoms. The molecular weight excluding hydrogens is 236 g/mol. The van der Waals surface area contributed by atoms with Crippen LogP contribution in [0.25, 0.3) is 0 Å². The van der Waals surface area contributed by atoms with Crippen LogP contribution in [0.1, 0.15) is 51.5 Å². The number of nitrogens with two attached hydrogens (primary N) is 1. The number of benzene rings is 1. The highest BCUT2D eigenvalue weighted by Crippen LogP contribution is 2.24. The molecule has 1 atom stereocenters. The highest BCUT2D eigenvalue weighted by molar-refractivity contribution is 5.91. The van der Waals surface area contributed by atoms with Crippen LogP contribution in [0, 0.1) is 5.92 Å². The van der Waals surface area contributed by atoms with Crippen LogP contribution in [-0.2, 0) is 4.79 Å². The largest absolute Gasteiger partial charge is 0.330 e. The summed E-state index contributed by atoms with van der Waals surface area (Å²) in [6.07, 6.45) is 2.44. The first-order valence-corrected chi connectivity index (χ1v) is 7.13. The van der Waals surface area contributed by atoms with Crippen molar-refractivity contribution in [2.75, 3.05) is 11.9 Å². The minimum atomic E-state index is 0.0944. The van der Waals surface area contributed by atoms with Crippen LogP contribution in [-0.4, -0.2) is 12.5 Å². The number of rotatable bonds is 7. The fourth-order valence-electron chi connectivity index (χ4n) is 2.13. The molecule has 1 aromatic carbocycles. The number of nitrogens with one attached hydrogen (secondary N) is 1. The predicted octanol–water partition coefficient (Wildman–Crippen LogP) is 3.51. The Morgan fingerprint density at radius 3 is 2.53 bits per heavy atom. The van der Waals surface area contributed by atoms with E-state index in [1.165, 1.54) is 5.56 Å². The Labute approximate surface area is 116 Å². The van der Waals surface area contributed by atoms with Crippen molar-refractivity contribution >= 4 is 11.6 Å². The number of carbonyl (C=O) groups is 1. The Hall–Kier alpha value is -1.35. The van der Waals surface area contributed by atoms with E-state index in [9.17, 15) is 4.79 Å². The first-order chi connectivity index (χ1) is 9.04. The van der Waals surface area contributed by atoms with Gasteiger partial charge in [-0.05, 0) is 42.9 Å². The molecule has 1 aromatic rings. The maximum atomic E-state index is 12.0. The third-order valence-electron chi connectivity index (χ3n) is 3.38. The Morgan fingerprint density at radius 2 is 1.89 bits per heavy atom. The van der Waals surface area contributed by atoms with Gasteiger partial charge >= 0.3 is 0 Å². The summed E-state index contributed by atoms with van der Waals surface area (Å²) in [6, 6.07) is 8.00. The molecule has 0 heterocycles. The lowest BCUT2D eigenvalue weighted by atomic mass is 10.00. The number of para-hydroxylation sites is 1. The SMILES string of the molecule is CC(CCN)CCC(=O)Nc1ccccc1C(C)C. The van der Waals surface area contributed by atoms with Gasteiger partial charge in [-0.15, -0.1) is 0 Å². The highest BCUT2D eigenvalue weighted by Gasteiger charge is 2.10. The van der Waals surface area contributed by atoms with Crippen LogP contribution in [0.15, 0.2) is 24.3 Å². The van der Waals surface area contributed by atoms with E-state index in [1.54, 1.807) is 0 Å². The summed E-state index contributed by atoms with van der Waals surface area (Å²) in [5, 5.41) is 3.02. The fraction of sp³-hybridized carbons (Fsp3) is 0.562. The van der Waals surface area contributed by atoms with Crippen molar-refractivity contribution < 1.29 is 4.79 Å². The van der Waals surface area contributed by atoms with Gasteiger partial charge in [0.25, 0.3) is 0 Å². The Balaban J connectivity index is 2.53. The minimum absolute atomic E-state index is 0.0944. The van der Waals surface area contributed by atoms with Crippen LogP contribution in [0.5, 0.6) is 0 Å². The fourth-order valence-corrected chi connectivity index (χ4v) is 2.13. The van der Waals surface area contributed by atoms with Crippen molar-refractivity contribution in [3.8, 4) is 0 Å². The van der Waals surface area contributed by atoms with Crippen LogP contribution >= 0.6 is 0 Å². The molecule has 0 radical (unpaired) electrons. The van der Waals surface area contributed by atoms with E-state index in [0.717, 1.165) is 18.5 Å². The van der Waals surface area contributed by atoms with Crippen molar-refractivity contribution in [1.82, 2.24) is 0 Å². The van der Waals surface area contributed by atoms with E-state index < -0.39 is 0 Å². The molecule has 0 spiro atoms. The highest BCUT2D eigenvalue weighted by atomic mass is 16.1. The van der Waals surface area contributed by atoms with Crippen molar-refractivity contribution in [2.24, 2.45) is 11.7 Å². The molecule has 0 aliphatic carbocycles. The van der Waals surface area contributed by atoms with Gasteiger partial charge in [-0.3, -0.25) is 4.79 Å². The molecule has 0 saturated carbocycles. The summed E-state index contributed by atoms with van der Waals surface area (Å²) in [6.45, 7) is 7.10. The lowest BCUT2D eigenvalue weighted by molar-refractivity contribution is -0.116. The monoisotopic (exact) mass is 262 g/mol. The first-order valence-electron chi connectivity index (χ1n) is 7.13. The molecule has 0 saturated heterocycles. The van der Waals surface area contributed by atoms with Crippen molar-refractivity contribution in [2.45, 2.75) is 46.0 Å². The van der Waals surface area contributed by atoms with E-state index in [1.807, 2.05) is 18.2 Å². The molecule has 0 aliphatic rings. The van der Waals surface area contributed by atoms with Gasteiger partial charge in [0, 0.05) is 12.1 Å². The molecule has 0 aromatic heterocycles. The van der Waals surface area contributed by atoms with E-state index in [2.05, 4.69) is 32.2 Å². The topological polar surface area (TPSA) is 55.1 Å². The third-order valence-corrected chi connectivity index (χ3v) is 3.38. The first kappa shape index (κ1) is 15.7. The Bertz CT molecular complexity index is 401. The average Bonchev–Trinajstić information content (AvgIpc) is 2.37. The zero-order valence-corrected chi connectivity index (χ0v) is 12.3. The van der Waals surface area contributed by atoms with Gasteiger partial charge in [0.2, 0.25) is 5.91 Å². The van der Waals surface area contributed by atoms with Gasteiger partial charge in [0.15, 0.2) is 0 Å². The zero-order chi connectivity index (χ0) is 14.3. The quantitative estimate of drug-likeness (QED) is 0.790. The summed E-state index contributed by atoms with van der Waals surface area (Å²) in [5.74, 6) is 1.01. The average molecular weight is 262 g/mol. The van der Waals surface area contributed by atoms with Crippen LogP contribution in [0.4, 0.5) is 5.69 Å². The molecule has 19 heavy (non-hydrogen) atoms. The van der Waals surface area contributed by atoms with Gasteiger partial charge in [-0.25, -0.2) is 0 Å². The molecular formula is C16H26N2O. The van der Waals surface area contributed by atoms with E-state index in [-0.39, 0.29) is 5.91 Å². The maximum Gasteiger partial charge on any atom is 0.224 e. The summed E-state index contributed by atoms with van der Waals surface area (Å²) in [4.78, 5) is 12.0. The van der Waals surface area contributed by atoms with Gasteiger partial charge in [-0.2, -0.15) is 0 Å². The lowest BCUT2D eigenvalue weighted by Gasteiger charge is -2.14. The minimum Gasteiger partial charge on any atom is -0.330 e. The molecule has 0 bridgehead atoms. The van der Waals surface area contributed by atoms with Crippen molar-refractivity contribution in [3.63, 3.8) is 0 Å². The number of hydrogen-bond acceptors (Lipinski definition) is 2. The van der Waals surface area contributed by atoms with Crippen LogP contribution < -0.4 is 11.1 Å². The van der Waals surface area contributed by atoms with Gasteiger partial charge in [0.05, 0.1) is 0 Å². The van der Waals surface area contributed by atoms with E-state index in [0.29, 0.717) is 24.8 Å². The Kier molecular flexibility index (Phi) is 6.57. The lowest BCUT2D eigenvalue weighted by Crippen LogP contribution is -2.15. The number of carbonyl (C=O) groups excluding carboxylic acids is 1. The van der Waals surface area contributed by atoms with Crippen molar-refractivity contribution in [3.05, 3.63) is 29.8 Å². The van der Waals surface area contributed by atoms with Crippen molar-refractivity contribution in [1.29, 1.82) is 0 Å². The molecule has 3 nitrogen and oxygen atoms in total. The van der Waals surface area contributed by atoms with Gasteiger partial charge in [-0.1, -0.05) is 39.0 Å². The molecule has 1 unspecified atom stereocenters. The van der Waals surface area contributed by atoms with Crippen LogP contribution in [0.2, 0.25) is 0 Å². The molecule has 0 fully saturated rings. The standard InChI is InChI=1S/C16H26N2O/c1-12(2)14-6-4-5-7-15(14)18-16(19)9-8-13(3)10-11-17/h4-7,12-13H,8-11,17H2,1-3H3,(H,18,19). The summed E-state index contributed by atoms with van der Waals surface area (Å²) in [7, 11) is 0. The van der Waals surface area contributed by atoms with Gasteiger partial charge < -0.3 is 11.1 Å². The van der Waals surface area contributed by atoms with E-state index in [4.69, 9.17) is 5.73 Å². The smallest absolute Gasteiger partial charge is 0.224 e. The molecule has 3 N–H and O–H groups in total. The summed E-state index contributed by atoms with van der Waals surface area (Å²) < 4.78 is 0. The molecule has 1 rings (SSSR count). The normalized spacial score (nSPS) is 12.5. The molecule has 106 valence electrons. The number of amides is 1. The predicted molar refractivity (Wildman–Crippen MR) is 81.2 cm³/mol. The van der Waals surface area contributed by atoms with Gasteiger partial charge in [0.1, 0.15) is 0 Å². The summed E-state index contributed by atoms with van der Waals surface area (Å²) in [5.41, 5.74) is 7.64. The second-order valence-corrected chi connectivity index (χ2v) is 5.51. The Morgan fingerprint density at radius 1 is 1.21 bits per heavy atom. The molecule has 1 amide bonds. The zero-order valence-electron chi connectivity index (χ0n) is 12.3. The number of hydrogen-bond donors (Lipinski definition) is 2.